The fourth-order valence-corrected chi connectivity index (χ4v) is 2.68. The van der Waals surface area contributed by atoms with Gasteiger partial charge >= 0.3 is 0 Å². The summed E-state index contributed by atoms with van der Waals surface area (Å²) in [6.07, 6.45) is 3.72. The van der Waals surface area contributed by atoms with Crippen LogP contribution in [0.4, 0.5) is 0 Å². The minimum atomic E-state index is 0.563. The summed E-state index contributed by atoms with van der Waals surface area (Å²) in [4.78, 5) is 2.46. The van der Waals surface area contributed by atoms with Crippen molar-refractivity contribution >= 4 is 11.6 Å². The van der Waals surface area contributed by atoms with E-state index in [0.29, 0.717) is 12.1 Å². The molecule has 3 heteroatoms. The van der Waals surface area contributed by atoms with Crippen LogP contribution in [0.15, 0.2) is 24.3 Å². The van der Waals surface area contributed by atoms with Gasteiger partial charge in [-0.1, -0.05) is 23.7 Å². The normalized spacial score (nSPS) is 21.4. The molecule has 1 fully saturated rings. The van der Waals surface area contributed by atoms with Crippen LogP contribution in [0, 0.1) is 0 Å². The van der Waals surface area contributed by atoms with Crippen LogP contribution in [0.5, 0.6) is 0 Å². The average Bonchev–Trinajstić information content (AvgIpc) is 2.85. The summed E-state index contributed by atoms with van der Waals surface area (Å²) in [5.41, 5.74) is 1.36. The van der Waals surface area contributed by atoms with Crippen LogP contribution in [0.2, 0.25) is 5.02 Å². The van der Waals surface area contributed by atoms with Crippen LogP contribution in [0.1, 0.15) is 25.3 Å². The van der Waals surface area contributed by atoms with Crippen molar-refractivity contribution in [3.8, 4) is 0 Å². The molecule has 1 aliphatic rings. The van der Waals surface area contributed by atoms with Crippen molar-refractivity contribution in [3.05, 3.63) is 34.9 Å². The highest BCUT2D eigenvalue weighted by atomic mass is 35.5. The van der Waals surface area contributed by atoms with Crippen molar-refractivity contribution in [3.63, 3.8) is 0 Å². The average molecular weight is 267 g/mol. The van der Waals surface area contributed by atoms with Crippen molar-refractivity contribution in [1.29, 1.82) is 0 Å². The molecule has 0 amide bonds. The lowest BCUT2D eigenvalue weighted by Gasteiger charge is -2.27. The maximum Gasteiger partial charge on any atom is 0.0406 e. The molecule has 0 aromatic heterocycles. The third-order valence-corrected chi connectivity index (χ3v) is 4.12. The first-order valence-corrected chi connectivity index (χ1v) is 7.21. The maximum atomic E-state index is 5.91. The molecule has 18 heavy (non-hydrogen) atoms. The number of halogens is 1. The Morgan fingerprint density at radius 2 is 2.11 bits per heavy atom. The van der Waals surface area contributed by atoms with Crippen LogP contribution in [-0.2, 0) is 6.42 Å². The van der Waals surface area contributed by atoms with Crippen LogP contribution >= 0.6 is 11.6 Å². The molecule has 1 aromatic rings. The van der Waals surface area contributed by atoms with Gasteiger partial charge in [-0.2, -0.15) is 0 Å². The second-order valence-electron chi connectivity index (χ2n) is 5.41. The molecule has 2 atom stereocenters. The molecule has 1 aliphatic heterocycles. The van der Waals surface area contributed by atoms with Crippen molar-refractivity contribution in [1.82, 2.24) is 10.2 Å². The van der Waals surface area contributed by atoms with Gasteiger partial charge in [-0.05, 0) is 57.5 Å². The van der Waals surface area contributed by atoms with E-state index in [2.05, 4.69) is 36.3 Å². The topological polar surface area (TPSA) is 15.3 Å². The Morgan fingerprint density at radius 1 is 1.39 bits per heavy atom. The summed E-state index contributed by atoms with van der Waals surface area (Å²) in [6.45, 7) is 4.63. The molecule has 100 valence electrons. The first-order chi connectivity index (χ1) is 8.65. The number of nitrogens with zero attached hydrogens (tertiary/aromatic N) is 1. The van der Waals surface area contributed by atoms with E-state index >= 15 is 0 Å². The minimum absolute atomic E-state index is 0.563. The molecule has 2 nitrogen and oxygen atoms in total. The van der Waals surface area contributed by atoms with Crippen molar-refractivity contribution < 1.29 is 0 Å². The number of benzene rings is 1. The molecule has 0 saturated carbocycles. The Hall–Kier alpha value is -0.570. The molecule has 2 rings (SSSR count). The van der Waals surface area contributed by atoms with E-state index in [1.807, 2.05) is 12.1 Å². The summed E-state index contributed by atoms with van der Waals surface area (Å²) in [5.74, 6) is 0. The zero-order chi connectivity index (χ0) is 13.0. The second-order valence-corrected chi connectivity index (χ2v) is 5.85. The van der Waals surface area contributed by atoms with Gasteiger partial charge < -0.3 is 10.2 Å². The molecule has 2 unspecified atom stereocenters. The third kappa shape index (κ3) is 3.98. The minimum Gasteiger partial charge on any atom is -0.313 e. The lowest BCUT2D eigenvalue weighted by Crippen LogP contribution is -2.40. The smallest absolute Gasteiger partial charge is 0.0406 e. The largest absolute Gasteiger partial charge is 0.313 e. The molecule has 1 aromatic carbocycles. The summed E-state index contributed by atoms with van der Waals surface area (Å²) in [5, 5.41) is 4.37. The highest BCUT2D eigenvalue weighted by molar-refractivity contribution is 6.30. The summed E-state index contributed by atoms with van der Waals surface area (Å²) < 4.78 is 0. The number of nitrogens with one attached hydrogen (secondary N) is 1. The summed E-state index contributed by atoms with van der Waals surface area (Å²) >= 11 is 5.91. The van der Waals surface area contributed by atoms with Crippen molar-refractivity contribution in [2.24, 2.45) is 0 Å². The van der Waals surface area contributed by atoms with Gasteiger partial charge in [0.25, 0.3) is 0 Å². The molecule has 1 saturated heterocycles. The predicted octanol–water partition coefficient (Wildman–Crippen LogP) is 2.95. The highest BCUT2D eigenvalue weighted by Gasteiger charge is 2.18. The molecule has 0 bridgehead atoms. The maximum absolute atomic E-state index is 5.91. The Balaban J connectivity index is 1.82. The number of likely N-dealkylation sites (N-methyl/N-ethyl adjacent to an activating group) is 1. The third-order valence-electron chi connectivity index (χ3n) is 3.87. The fraction of sp³-hybridized carbons (Fsp3) is 0.600. The van der Waals surface area contributed by atoms with E-state index in [0.717, 1.165) is 18.0 Å². The monoisotopic (exact) mass is 266 g/mol. The molecular weight excluding hydrogens is 244 g/mol. The number of hydrogen-bond acceptors (Lipinski definition) is 2. The van der Waals surface area contributed by atoms with E-state index in [9.17, 15) is 0 Å². The van der Waals surface area contributed by atoms with Gasteiger partial charge in [-0.3, -0.25) is 0 Å². The van der Waals surface area contributed by atoms with Crippen molar-refractivity contribution in [2.75, 3.05) is 20.1 Å². The molecule has 0 aliphatic carbocycles. The van der Waals surface area contributed by atoms with Gasteiger partial charge in [0.05, 0.1) is 0 Å². The van der Waals surface area contributed by atoms with E-state index in [1.54, 1.807) is 0 Å². The number of hydrogen-bond donors (Lipinski definition) is 1. The zero-order valence-corrected chi connectivity index (χ0v) is 12.1. The SMILES string of the molecule is CC(Cc1ccc(Cl)cc1)N(C)CC1CCCN1. The van der Waals surface area contributed by atoms with Crippen LogP contribution in [-0.4, -0.2) is 37.1 Å². The van der Waals surface area contributed by atoms with Gasteiger partial charge in [0.2, 0.25) is 0 Å². The van der Waals surface area contributed by atoms with Gasteiger partial charge in [-0.15, -0.1) is 0 Å². The van der Waals surface area contributed by atoms with Crippen molar-refractivity contribution in [2.45, 2.75) is 38.3 Å². The van der Waals surface area contributed by atoms with Crippen LogP contribution < -0.4 is 5.32 Å². The van der Waals surface area contributed by atoms with Gasteiger partial charge in [-0.25, -0.2) is 0 Å². The van der Waals surface area contributed by atoms with Gasteiger partial charge in [0.15, 0.2) is 0 Å². The lowest BCUT2D eigenvalue weighted by molar-refractivity contribution is 0.234. The van der Waals surface area contributed by atoms with Crippen LogP contribution in [0.25, 0.3) is 0 Å². The molecule has 1 N–H and O–H groups in total. The highest BCUT2D eigenvalue weighted by Crippen LogP contribution is 2.14. The predicted molar refractivity (Wildman–Crippen MR) is 78.3 cm³/mol. The Morgan fingerprint density at radius 3 is 2.72 bits per heavy atom. The fourth-order valence-electron chi connectivity index (χ4n) is 2.56. The molecule has 0 spiro atoms. The lowest BCUT2D eigenvalue weighted by atomic mass is 10.1. The quantitative estimate of drug-likeness (QED) is 0.882. The summed E-state index contributed by atoms with van der Waals surface area (Å²) in [6, 6.07) is 9.45. The van der Waals surface area contributed by atoms with E-state index in [4.69, 9.17) is 11.6 Å². The Kier molecular flexibility index (Phi) is 5.04. The van der Waals surface area contributed by atoms with Gasteiger partial charge in [0.1, 0.15) is 0 Å². The van der Waals surface area contributed by atoms with E-state index in [1.165, 1.54) is 24.9 Å². The molecule has 1 heterocycles. The van der Waals surface area contributed by atoms with Crippen LogP contribution in [0.3, 0.4) is 0 Å². The van der Waals surface area contributed by atoms with E-state index < -0.39 is 0 Å². The van der Waals surface area contributed by atoms with Gasteiger partial charge in [0, 0.05) is 23.7 Å². The molecular formula is C15H23ClN2. The zero-order valence-electron chi connectivity index (χ0n) is 11.3. The number of rotatable bonds is 5. The first-order valence-electron chi connectivity index (χ1n) is 6.83. The summed E-state index contributed by atoms with van der Waals surface area (Å²) in [7, 11) is 2.22. The molecule has 0 radical (unpaired) electrons. The Labute approximate surface area is 115 Å². The first kappa shape index (κ1) is 13.9. The van der Waals surface area contributed by atoms with E-state index in [-0.39, 0.29) is 0 Å². The second kappa shape index (κ2) is 6.55. The Bertz CT molecular complexity index is 357. The standard InChI is InChI=1S/C15H23ClN2/c1-12(10-13-5-7-14(16)8-6-13)18(2)11-15-4-3-9-17-15/h5-8,12,15,17H,3-4,9-11H2,1-2H3.